The average molecular weight is 297 g/mol. The van der Waals surface area contributed by atoms with Gasteiger partial charge in [-0.05, 0) is 33.6 Å². The second-order valence-corrected chi connectivity index (χ2v) is 6.82. The van der Waals surface area contributed by atoms with Gasteiger partial charge < -0.3 is 15.4 Å². The van der Waals surface area contributed by atoms with Crippen molar-refractivity contribution in [1.29, 1.82) is 0 Å². The Kier molecular flexibility index (Phi) is 4.27. The van der Waals surface area contributed by atoms with Gasteiger partial charge >= 0.3 is 6.09 Å². The Morgan fingerprint density at radius 2 is 2.25 bits per heavy atom. The summed E-state index contributed by atoms with van der Waals surface area (Å²) >= 11 is 1.46. The highest BCUT2D eigenvalue weighted by Gasteiger charge is 2.25. The summed E-state index contributed by atoms with van der Waals surface area (Å²) in [5.41, 5.74) is 0.525. The number of hydrogen-bond donors (Lipinski definition) is 2. The molecule has 0 spiro atoms. The van der Waals surface area contributed by atoms with E-state index in [1.165, 1.54) is 11.3 Å². The number of rotatable bonds is 3. The molecule has 0 bridgehead atoms. The molecule has 20 heavy (non-hydrogen) atoms. The van der Waals surface area contributed by atoms with Crippen LogP contribution in [-0.2, 0) is 22.4 Å². The summed E-state index contributed by atoms with van der Waals surface area (Å²) in [5, 5.41) is 6.07. The molecule has 2 rings (SSSR count). The largest absolute Gasteiger partial charge is 0.444 e. The minimum absolute atomic E-state index is 0.0573. The molecule has 1 aliphatic carbocycles. The zero-order chi connectivity index (χ0) is 14.8. The molecule has 1 heterocycles. The van der Waals surface area contributed by atoms with Crippen LogP contribution in [0.15, 0.2) is 0 Å². The Balaban J connectivity index is 1.93. The van der Waals surface area contributed by atoms with Gasteiger partial charge in [-0.1, -0.05) is 0 Å². The van der Waals surface area contributed by atoms with Crippen LogP contribution >= 0.6 is 11.3 Å². The van der Waals surface area contributed by atoms with Gasteiger partial charge in [0.2, 0.25) is 6.41 Å². The van der Waals surface area contributed by atoms with Crippen LogP contribution in [0, 0.1) is 0 Å². The summed E-state index contributed by atoms with van der Waals surface area (Å²) in [6.45, 7) is 5.52. The molecular weight excluding hydrogens is 278 g/mol. The van der Waals surface area contributed by atoms with E-state index in [1.807, 2.05) is 20.8 Å². The number of nitrogens with zero attached hydrogens (tertiary/aromatic N) is 1. The van der Waals surface area contributed by atoms with Crippen molar-refractivity contribution in [3.8, 4) is 0 Å². The molecule has 2 N–H and O–H groups in total. The molecule has 110 valence electrons. The van der Waals surface area contributed by atoms with Crippen molar-refractivity contribution in [2.24, 2.45) is 0 Å². The second-order valence-electron chi connectivity index (χ2n) is 5.74. The van der Waals surface area contributed by atoms with E-state index < -0.39 is 5.60 Å². The van der Waals surface area contributed by atoms with Gasteiger partial charge in [-0.2, -0.15) is 0 Å². The number of carbonyl (C=O) groups is 2. The van der Waals surface area contributed by atoms with E-state index in [1.54, 1.807) is 0 Å². The summed E-state index contributed by atoms with van der Waals surface area (Å²) in [4.78, 5) is 27.6. The molecule has 0 saturated heterocycles. The maximum Gasteiger partial charge on any atom is 0.407 e. The Morgan fingerprint density at radius 1 is 1.50 bits per heavy atom. The summed E-state index contributed by atoms with van der Waals surface area (Å²) in [5.74, 6) is 0. The first-order chi connectivity index (χ1) is 9.37. The lowest BCUT2D eigenvalue weighted by Crippen LogP contribution is -2.41. The maximum absolute atomic E-state index is 11.7. The molecule has 0 aliphatic heterocycles. The van der Waals surface area contributed by atoms with E-state index in [-0.39, 0.29) is 12.1 Å². The van der Waals surface area contributed by atoms with E-state index in [0.29, 0.717) is 11.5 Å². The fraction of sp³-hybridized carbons (Fsp3) is 0.615. The van der Waals surface area contributed by atoms with Crippen molar-refractivity contribution in [3.63, 3.8) is 0 Å². The van der Waals surface area contributed by atoms with Gasteiger partial charge in [0, 0.05) is 17.3 Å². The number of hydrogen-bond acceptors (Lipinski definition) is 5. The molecule has 7 heteroatoms. The molecule has 2 amide bonds. The third kappa shape index (κ3) is 3.93. The molecule has 0 fully saturated rings. The van der Waals surface area contributed by atoms with Gasteiger partial charge in [-0.25, -0.2) is 9.78 Å². The van der Waals surface area contributed by atoms with Crippen LogP contribution in [-0.4, -0.2) is 29.1 Å². The Bertz CT molecular complexity index is 507. The minimum atomic E-state index is -0.491. The summed E-state index contributed by atoms with van der Waals surface area (Å²) in [7, 11) is 0. The number of fused-ring (bicyclic) bond motifs is 1. The SMILES string of the molecule is CC(C)(C)OC(=O)N[C@@H]1CCc2nc(NC=O)sc2C1. The van der Waals surface area contributed by atoms with Crippen LogP contribution < -0.4 is 10.6 Å². The summed E-state index contributed by atoms with van der Waals surface area (Å²) in [6.07, 6.45) is 2.60. The van der Waals surface area contributed by atoms with Crippen LogP contribution in [0.25, 0.3) is 0 Å². The number of aromatic nitrogens is 1. The van der Waals surface area contributed by atoms with Crippen molar-refractivity contribution in [3.05, 3.63) is 10.6 Å². The highest BCUT2D eigenvalue weighted by molar-refractivity contribution is 7.15. The zero-order valence-corrected chi connectivity index (χ0v) is 12.7. The molecule has 0 unspecified atom stereocenters. The number of aryl methyl sites for hydroxylation is 1. The summed E-state index contributed by atoms with van der Waals surface area (Å²) < 4.78 is 5.25. The average Bonchev–Trinajstić information content (AvgIpc) is 2.68. The molecule has 0 aromatic carbocycles. The number of amides is 2. The van der Waals surface area contributed by atoms with Crippen molar-refractivity contribution in [2.45, 2.75) is 51.7 Å². The van der Waals surface area contributed by atoms with Gasteiger partial charge in [0.05, 0.1) is 5.69 Å². The van der Waals surface area contributed by atoms with Crippen molar-refractivity contribution in [2.75, 3.05) is 5.32 Å². The monoisotopic (exact) mass is 297 g/mol. The lowest BCUT2D eigenvalue weighted by Gasteiger charge is -2.25. The van der Waals surface area contributed by atoms with E-state index in [4.69, 9.17) is 4.74 Å². The highest BCUT2D eigenvalue weighted by Crippen LogP contribution is 2.29. The molecule has 1 atom stereocenters. The second kappa shape index (κ2) is 5.78. The molecular formula is C13H19N3O3S. The smallest absolute Gasteiger partial charge is 0.407 e. The fourth-order valence-electron chi connectivity index (χ4n) is 2.08. The quantitative estimate of drug-likeness (QED) is 0.837. The number of thiazole rings is 1. The number of alkyl carbamates (subject to hydrolysis) is 1. The Morgan fingerprint density at radius 3 is 2.90 bits per heavy atom. The van der Waals surface area contributed by atoms with E-state index in [0.717, 1.165) is 29.8 Å². The van der Waals surface area contributed by atoms with E-state index in [9.17, 15) is 9.59 Å². The zero-order valence-electron chi connectivity index (χ0n) is 11.9. The first-order valence-corrected chi connectivity index (χ1v) is 7.37. The van der Waals surface area contributed by atoms with Gasteiger partial charge in [0.1, 0.15) is 5.60 Å². The highest BCUT2D eigenvalue weighted by atomic mass is 32.1. The molecule has 0 saturated carbocycles. The normalized spacial score (nSPS) is 18.1. The number of carbonyl (C=O) groups excluding carboxylic acids is 2. The van der Waals surface area contributed by atoms with Crippen LogP contribution in [0.1, 0.15) is 37.8 Å². The van der Waals surface area contributed by atoms with Gasteiger partial charge in [-0.15, -0.1) is 11.3 Å². The summed E-state index contributed by atoms with van der Waals surface area (Å²) in [6, 6.07) is 0.0573. The predicted octanol–water partition coefficient (Wildman–Crippen LogP) is 2.09. The van der Waals surface area contributed by atoms with Crippen LogP contribution in [0.4, 0.5) is 9.93 Å². The van der Waals surface area contributed by atoms with E-state index >= 15 is 0 Å². The first-order valence-electron chi connectivity index (χ1n) is 6.55. The molecule has 1 aromatic heterocycles. The number of anilines is 1. The Hall–Kier alpha value is -1.63. The minimum Gasteiger partial charge on any atom is -0.444 e. The predicted molar refractivity (Wildman–Crippen MR) is 77.0 cm³/mol. The van der Waals surface area contributed by atoms with Crippen molar-refractivity contribution >= 4 is 29.0 Å². The number of nitrogens with one attached hydrogen (secondary N) is 2. The van der Waals surface area contributed by atoms with Crippen molar-refractivity contribution in [1.82, 2.24) is 10.3 Å². The van der Waals surface area contributed by atoms with Crippen molar-refractivity contribution < 1.29 is 14.3 Å². The lowest BCUT2D eigenvalue weighted by atomic mass is 9.98. The fourth-order valence-corrected chi connectivity index (χ4v) is 3.13. The molecule has 6 nitrogen and oxygen atoms in total. The van der Waals surface area contributed by atoms with Gasteiger partial charge in [-0.3, -0.25) is 4.79 Å². The molecule has 1 aliphatic rings. The Labute approximate surface area is 121 Å². The number of ether oxygens (including phenoxy) is 1. The standard InChI is InChI=1S/C13H19N3O3S/c1-13(2,3)19-12(18)15-8-4-5-9-10(6-8)20-11(16-9)14-7-17/h7-8H,4-6H2,1-3H3,(H,15,18)(H,14,16,17)/t8-/m1/s1. The lowest BCUT2D eigenvalue weighted by molar-refractivity contribution is -0.105. The third-order valence-electron chi connectivity index (χ3n) is 2.84. The van der Waals surface area contributed by atoms with Crippen LogP contribution in [0.5, 0.6) is 0 Å². The topological polar surface area (TPSA) is 80.3 Å². The molecule has 0 radical (unpaired) electrons. The van der Waals surface area contributed by atoms with Crippen LogP contribution in [0.3, 0.4) is 0 Å². The maximum atomic E-state index is 11.7. The third-order valence-corrected chi connectivity index (χ3v) is 3.89. The molecule has 1 aromatic rings. The van der Waals surface area contributed by atoms with Crippen LogP contribution in [0.2, 0.25) is 0 Å². The van der Waals surface area contributed by atoms with E-state index in [2.05, 4.69) is 15.6 Å². The van der Waals surface area contributed by atoms with Gasteiger partial charge in [0.25, 0.3) is 0 Å². The van der Waals surface area contributed by atoms with Gasteiger partial charge in [0.15, 0.2) is 5.13 Å². The first kappa shape index (κ1) is 14.8.